The summed E-state index contributed by atoms with van der Waals surface area (Å²) < 4.78 is 21.2. The summed E-state index contributed by atoms with van der Waals surface area (Å²) in [7, 11) is -1.24. The van der Waals surface area contributed by atoms with Gasteiger partial charge < -0.3 is 4.74 Å². The Balaban J connectivity index is 2.91. The number of hydrogen-bond acceptors (Lipinski definition) is 3. The number of nitrogens with one attached hydrogen (secondary N) is 1. The van der Waals surface area contributed by atoms with Gasteiger partial charge in [-0.1, -0.05) is 40.7 Å². The van der Waals surface area contributed by atoms with E-state index in [1.165, 1.54) is 0 Å². The van der Waals surface area contributed by atoms with E-state index in [-0.39, 0.29) is 6.04 Å². The summed E-state index contributed by atoms with van der Waals surface area (Å²) in [6.07, 6.45) is 1.00. The van der Waals surface area contributed by atoms with E-state index in [0.29, 0.717) is 25.0 Å². The largest absolute Gasteiger partial charge is 0.463 e. The molecular formula is C18H26BrNO3S. The standard InChI is InChI=1S/C18H26BrNO3S/c1-6-23-17(21)13(2)11-15(20-24(22)18(3,4)5)12-14-9-7-8-10-16(14)19/h7-10,15,20H,2,6,11-12H2,1,3-5H3. The Morgan fingerprint density at radius 3 is 2.54 bits per heavy atom. The van der Waals surface area contributed by atoms with Crippen molar-refractivity contribution < 1.29 is 13.7 Å². The van der Waals surface area contributed by atoms with Crippen molar-refractivity contribution in [1.82, 2.24) is 4.72 Å². The van der Waals surface area contributed by atoms with Crippen molar-refractivity contribution in [2.45, 2.75) is 51.3 Å². The molecule has 24 heavy (non-hydrogen) atoms. The highest BCUT2D eigenvalue weighted by Crippen LogP contribution is 2.21. The van der Waals surface area contributed by atoms with Gasteiger partial charge in [0.05, 0.1) is 22.3 Å². The summed E-state index contributed by atoms with van der Waals surface area (Å²) in [5.74, 6) is -0.405. The number of rotatable bonds is 8. The second-order valence-electron chi connectivity index (χ2n) is 6.52. The van der Waals surface area contributed by atoms with Crippen LogP contribution in [0.1, 0.15) is 39.7 Å². The first kappa shape index (κ1) is 21.1. The van der Waals surface area contributed by atoms with Crippen molar-refractivity contribution in [1.29, 1.82) is 0 Å². The molecule has 6 heteroatoms. The number of halogens is 1. The second kappa shape index (κ2) is 9.49. The highest BCUT2D eigenvalue weighted by atomic mass is 79.9. The number of benzene rings is 1. The lowest BCUT2D eigenvalue weighted by atomic mass is 10.0. The van der Waals surface area contributed by atoms with Crippen LogP contribution in [0.15, 0.2) is 40.9 Å². The van der Waals surface area contributed by atoms with E-state index in [1.54, 1.807) is 6.92 Å². The maximum Gasteiger partial charge on any atom is 0.333 e. The van der Waals surface area contributed by atoms with Gasteiger partial charge >= 0.3 is 5.97 Å². The lowest BCUT2D eigenvalue weighted by Crippen LogP contribution is -2.41. The van der Waals surface area contributed by atoms with Gasteiger partial charge in [0.25, 0.3) is 0 Å². The number of esters is 1. The maximum atomic E-state index is 12.5. The molecule has 0 bridgehead atoms. The van der Waals surface area contributed by atoms with Crippen LogP contribution in [0.3, 0.4) is 0 Å². The summed E-state index contributed by atoms with van der Waals surface area (Å²) in [5.41, 5.74) is 1.46. The molecule has 1 aromatic rings. The molecule has 0 aromatic heterocycles. The third kappa shape index (κ3) is 6.87. The Hall–Kier alpha value is -0.980. The molecule has 1 N–H and O–H groups in total. The normalized spacial score (nSPS) is 14.0. The third-order valence-corrected chi connectivity index (χ3v) is 5.74. The van der Waals surface area contributed by atoms with E-state index in [4.69, 9.17) is 4.74 Å². The van der Waals surface area contributed by atoms with Crippen LogP contribution in [-0.4, -0.2) is 27.6 Å². The van der Waals surface area contributed by atoms with Gasteiger partial charge in [-0.25, -0.2) is 13.7 Å². The van der Waals surface area contributed by atoms with Crippen molar-refractivity contribution in [3.05, 3.63) is 46.5 Å². The van der Waals surface area contributed by atoms with Gasteiger partial charge in [0.2, 0.25) is 0 Å². The lowest BCUT2D eigenvalue weighted by Gasteiger charge is -2.25. The third-order valence-electron chi connectivity index (χ3n) is 3.31. The summed E-state index contributed by atoms with van der Waals surface area (Å²) in [6.45, 7) is 11.6. The van der Waals surface area contributed by atoms with Gasteiger partial charge in [-0.2, -0.15) is 0 Å². The van der Waals surface area contributed by atoms with E-state index in [2.05, 4.69) is 27.2 Å². The Kier molecular flexibility index (Phi) is 8.33. The molecular weight excluding hydrogens is 390 g/mol. The molecule has 0 amide bonds. The van der Waals surface area contributed by atoms with Gasteiger partial charge in [0, 0.05) is 16.1 Å². The fourth-order valence-electron chi connectivity index (χ4n) is 2.03. The molecule has 0 aliphatic heterocycles. The van der Waals surface area contributed by atoms with Gasteiger partial charge in [-0.05, 0) is 52.2 Å². The van der Waals surface area contributed by atoms with Gasteiger partial charge in [0.1, 0.15) is 0 Å². The quantitative estimate of drug-likeness (QED) is 0.516. The van der Waals surface area contributed by atoms with Gasteiger partial charge in [0.15, 0.2) is 0 Å². The Labute approximate surface area is 155 Å². The zero-order chi connectivity index (χ0) is 18.3. The molecule has 4 nitrogen and oxygen atoms in total. The fraction of sp³-hybridized carbons (Fsp3) is 0.500. The number of ether oxygens (including phenoxy) is 1. The van der Waals surface area contributed by atoms with Crippen molar-refractivity contribution in [3.63, 3.8) is 0 Å². The maximum absolute atomic E-state index is 12.5. The Morgan fingerprint density at radius 1 is 1.38 bits per heavy atom. The molecule has 2 unspecified atom stereocenters. The van der Waals surface area contributed by atoms with Gasteiger partial charge in [-0.3, -0.25) is 0 Å². The zero-order valence-corrected chi connectivity index (χ0v) is 17.1. The number of carbonyl (C=O) groups excluding carboxylic acids is 1. The smallest absolute Gasteiger partial charge is 0.333 e. The molecule has 0 heterocycles. The van der Waals surface area contributed by atoms with E-state index in [0.717, 1.165) is 10.0 Å². The fourth-order valence-corrected chi connectivity index (χ4v) is 3.30. The molecule has 0 saturated heterocycles. The van der Waals surface area contributed by atoms with Crippen LogP contribution in [0, 0.1) is 0 Å². The molecule has 1 rings (SSSR count). The Bertz CT molecular complexity index is 611. The van der Waals surface area contributed by atoms with E-state index < -0.39 is 21.7 Å². The molecule has 1 aromatic carbocycles. The van der Waals surface area contributed by atoms with Crippen molar-refractivity contribution in [3.8, 4) is 0 Å². The second-order valence-corrected chi connectivity index (χ2v) is 9.37. The minimum absolute atomic E-state index is 0.180. The van der Waals surface area contributed by atoms with Gasteiger partial charge in [-0.15, -0.1) is 0 Å². The SMILES string of the molecule is C=C(CC(Cc1ccccc1Br)NS(=O)C(C)(C)C)C(=O)OCC. The van der Waals surface area contributed by atoms with Crippen LogP contribution in [0.4, 0.5) is 0 Å². The van der Waals surface area contributed by atoms with Crippen LogP contribution in [0.5, 0.6) is 0 Å². The van der Waals surface area contributed by atoms with Crippen molar-refractivity contribution in [2.24, 2.45) is 0 Å². The topological polar surface area (TPSA) is 55.4 Å². The molecule has 2 atom stereocenters. The first-order valence-corrected chi connectivity index (χ1v) is 9.85. The highest BCUT2D eigenvalue weighted by molar-refractivity contribution is 9.10. The average molecular weight is 416 g/mol. The van der Waals surface area contributed by atoms with E-state index in [1.807, 2.05) is 45.0 Å². The van der Waals surface area contributed by atoms with Crippen LogP contribution >= 0.6 is 15.9 Å². The van der Waals surface area contributed by atoms with E-state index in [9.17, 15) is 9.00 Å². The van der Waals surface area contributed by atoms with Crippen LogP contribution in [0.25, 0.3) is 0 Å². The predicted molar refractivity (Wildman–Crippen MR) is 103 cm³/mol. The first-order chi connectivity index (χ1) is 11.1. The molecule has 0 aliphatic rings. The monoisotopic (exact) mass is 415 g/mol. The summed E-state index contributed by atoms with van der Waals surface area (Å²) in [5, 5.41) is 0. The molecule has 134 valence electrons. The highest BCUT2D eigenvalue weighted by Gasteiger charge is 2.25. The zero-order valence-electron chi connectivity index (χ0n) is 14.7. The molecule has 0 saturated carbocycles. The predicted octanol–water partition coefficient (Wildman–Crippen LogP) is 3.92. The van der Waals surface area contributed by atoms with Crippen molar-refractivity contribution >= 4 is 32.9 Å². The molecule has 0 aliphatic carbocycles. The first-order valence-electron chi connectivity index (χ1n) is 7.91. The molecule has 0 spiro atoms. The summed E-state index contributed by atoms with van der Waals surface area (Å²) >= 11 is 3.53. The minimum atomic E-state index is -1.24. The number of carbonyl (C=O) groups is 1. The van der Waals surface area contributed by atoms with Crippen molar-refractivity contribution in [2.75, 3.05) is 6.61 Å². The van der Waals surface area contributed by atoms with Crippen LogP contribution in [0.2, 0.25) is 0 Å². The molecule has 0 radical (unpaired) electrons. The number of hydrogen-bond donors (Lipinski definition) is 1. The van der Waals surface area contributed by atoms with Crippen LogP contribution < -0.4 is 4.72 Å². The summed E-state index contributed by atoms with van der Waals surface area (Å²) in [4.78, 5) is 11.8. The Morgan fingerprint density at radius 2 is 2.00 bits per heavy atom. The molecule has 0 fully saturated rings. The van der Waals surface area contributed by atoms with Crippen LogP contribution in [-0.2, 0) is 26.9 Å². The van der Waals surface area contributed by atoms with E-state index >= 15 is 0 Å². The minimum Gasteiger partial charge on any atom is -0.463 e. The average Bonchev–Trinajstić information content (AvgIpc) is 2.48. The lowest BCUT2D eigenvalue weighted by molar-refractivity contribution is -0.138. The summed E-state index contributed by atoms with van der Waals surface area (Å²) in [6, 6.07) is 7.69.